The van der Waals surface area contributed by atoms with Crippen LogP contribution in [-0.4, -0.2) is 29.8 Å². The predicted molar refractivity (Wildman–Crippen MR) is 74.8 cm³/mol. The second kappa shape index (κ2) is 6.48. The van der Waals surface area contributed by atoms with Gasteiger partial charge in [0.2, 0.25) is 5.89 Å². The van der Waals surface area contributed by atoms with Crippen molar-refractivity contribution >= 4 is 0 Å². The fourth-order valence-corrected chi connectivity index (χ4v) is 2.90. The second-order valence-electron chi connectivity index (χ2n) is 5.94. The monoisotopic (exact) mass is 266 g/mol. The number of hydrogen-bond donors (Lipinski definition) is 2. The summed E-state index contributed by atoms with van der Waals surface area (Å²) in [5.41, 5.74) is 6.19. The first-order valence-electron chi connectivity index (χ1n) is 7.36. The van der Waals surface area contributed by atoms with Crippen molar-refractivity contribution in [2.45, 2.75) is 57.9 Å². The van der Waals surface area contributed by atoms with Gasteiger partial charge >= 0.3 is 0 Å². The molecular formula is C14H26N4O. The van der Waals surface area contributed by atoms with Crippen LogP contribution < -0.4 is 11.1 Å². The zero-order valence-corrected chi connectivity index (χ0v) is 12.1. The van der Waals surface area contributed by atoms with E-state index in [9.17, 15) is 0 Å². The molecule has 0 amide bonds. The van der Waals surface area contributed by atoms with Gasteiger partial charge in [-0.2, -0.15) is 4.98 Å². The number of nitrogens with one attached hydrogen (secondary N) is 1. The lowest BCUT2D eigenvalue weighted by Crippen LogP contribution is -2.35. The Bertz CT molecular complexity index is 385. The maximum Gasteiger partial charge on any atom is 0.227 e. The number of likely N-dealkylation sites (N-methyl/N-ethyl adjacent to an activating group) is 1. The first kappa shape index (κ1) is 14.5. The Morgan fingerprint density at radius 3 is 2.74 bits per heavy atom. The van der Waals surface area contributed by atoms with Gasteiger partial charge in [0.05, 0.1) is 0 Å². The smallest absolute Gasteiger partial charge is 0.227 e. The summed E-state index contributed by atoms with van der Waals surface area (Å²) >= 11 is 0. The molecular weight excluding hydrogens is 240 g/mol. The predicted octanol–water partition coefficient (Wildman–Crippen LogP) is 1.67. The van der Waals surface area contributed by atoms with Gasteiger partial charge in [-0.3, -0.25) is 0 Å². The second-order valence-corrected chi connectivity index (χ2v) is 5.94. The first-order chi connectivity index (χ1) is 9.17. The minimum absolute atomic E-state index is 0.191. The van der Waals surface area contributed by atoms with Gasteiger partial charge in [0.15, 0.2) is 5.82 Å². The fourth-order valence-electron chi connectivity index (χ4n) is 2.90. The van der Waals surface area contributed by atoms with Crippen LogP contribution in [-0.2, 0) is 12.8 Å². The van der Waals surface area contributed by atoms with E-state index in [2.05, 4.69) is 22.4 Å². The third kappa shape index (κ3) is 3.76. The zero-order chi connectivity index (χ0) is 13.7. The molecule has 19 heavy (non-hydrogen) atoms. The average Bonchev–Trinajstić information content (AvgIpc) is 2.86. The van der Waals surface area contributed by atoms with Crippen molar-refractivity contribution in [2.24, 2.45) is 11.1 Å². The maximum absolute atomic E-state index is 6.00. The summed E-state index contributed by atoms with van der Waals surface area (Å²) in [6.07, 6.45) is 7.89. The number of nitrogens with zero attached hydrogens (tertiary/aromatic N) is 2. The van der Waals surface area contributed by atoms with Gasteiger partial charge in [0.1, 0.15) is 0 Å². The standard InChI is InChI=1S/C14H26N4O/c1-11(16-2)8-12-17-13(19-18-12)9-14(10-15)6-4-3-5-7-14/h11,16H,3-10,15H2,1-2H3. The van der Waals surface area contributed by atoms with E-state index in [4.69, 9.17) is 10.3 Å². The van der Waals surface area contributed by atoms with Crippen LogP contribution in [0.4, 0.5) is 0 Å². The third-order valence-corrected chi connectivity index (χ3v) is 4.37. The lowest BCUT2D eigenvalue weighted by Gasteiger charge is -2.34. The van der Waals surface area contributed by atoms with E-state index in [-0.39, 0.29) is 5.41 Å². The van der Waals surface area contributed by atoms with Crippen LogP contribution in [0, 0.1) is 5.41 Å². The summed E-state index contributed by atoms with van der Waals surface area (Å²) in [6.45, 7) is 2.83. The molecule has 1 aliphatic rings. The summed E-state index contributed by atoms with van der Waals surface area (Å²) in [5, 5.41) is 7.25. The molecule has 1 saturated carbocycles. The van der Waals surface area contributed by atoms with Crippen LogP contribution in [0.15, 0.2) is 4.52 Å². The Kier molecular flexibility index (Phi) is 4.93. The molecule has 3 N–H and O–H groups in total. The molecule has 108 valence electrons. The summed E-state index contributed by atoms with van der Waals surface area (Å²) in [5.74, 6) is 1.55. The van der Waals surface area contributed by atoms with Crippen molar-refractivity contribution in [3.05, 3.63) is 11.7 Å². The molecule has 1 atom stereocenters. The Hall–Kier alpha value is -0.940. The van der Waals surface area contributed by atoms with Crippen LogP contribution in [0.3, 0.4) is 0 Å². The van der Waals surface area contributed by atoms with Crippen LogP contribution in [0.25, 0.3) is 0 Å². The van der Waals surface area contributed by atoms with Crippen molar-refractivity contribution < 1.29 is 4.52 Å². The molecule has 0 aromatic carbocycles. The molecule has 1 heterocycles. The topological polar surface area (TPSA) is 77.0 Å². The Morgan fingerprint density at radius 2 is 2.11 bits per heavy atom. The summed E-state index contributed by atoms with van der Waals surface area (Å²) in [4.78, 5) is 4.51. The van der Waals surface area contributed by atoms with Crippen molar-refractivity contribution in [2.75, 3.05) is 13.6 Å². The summed E-state index contributed by atoms with van der Waals surface area (Å²) in [6, 6.07) is 0.364. The van der Waals surface area contributed by atoms with E-state index in [1.807, 2.05) is 7.05 Å². The molecule has 0 spiro atoms. The normalized spacial score (nSPS) is 20.4. The SMILES string of the molecule is CNC(C)Cc1noc(CC2(CN)CCCCC2)n1. The van der Waals surface area contributed by atoms with E-state index >= 15 is 0 Å². The molecule has 1 aliphatic carbocycles. The summed E-state index contributed by atoms with van der Waals surface area (Å²) in [7, 11) is 1.94. The minimum atomic E-state index is 0.191. The molecule has 2 rings (SSSR count). The molecule has 1 unspecified atom stereocenters. The van der Waals surface area contributed by atoms with Crippen LogP contribution in [0.1, 0.15) is 50.7 Å². The van der Waals surface area contributed by atoms with E-state index in [0.717, 1.165) is 31.1 Å². The minimum Gasteiger partial charge on any atom is -0.339 e. The van der Waals surface area contributed by atoms with Crippen LogP contribution in [0.5, 0.6) is 0 Å². The van der Waals surface area contributed by atoms with Gasteiger partial charge in [0.25, 0.3) is 0 Å². The van der Waals surface area contributed by atoms with Gasteiger partial charge in [-0.15, -0.1) is 0 Å². The molecule has 0 aliphatic heterocycles. The molecule has 0 radical (unpaired) electrons. The Labute approximate surface area is 115 Å². The van der Waals surface area contributed by atoms with E-state index in [1.165, 1.54) is 32.1 Å². The van der Waals surface area contributed by atoms with Crippen molar-refractivity contribution in [1.29, 1.82) is 0 Å². The number of hydrogen-bond acceptors (Lipinski definition) is 5. The van der Waals surface area contributed by atoms with Gasteiger partial charge < -0.3 is 15.6 Å². The lowest BCUT2D eigenvalue weighted by atomic mass is 9.72. The molecule has 1 aromatic heterocycles. The molecule has 1 fully saturated rings. The fraction of sp³-hybridized carbons (Fsp3) is 0.857. The highest BCUT2D eigenvalue weighted by molar-refractivity contribution is 4.96. The number of aromatic nitrogens is 2. The lowest BCUT2D eigenvalue weighted by molar-refractivity contribution is 0.177. The van der Waals surface area contributed by atoms with E-state index in [0.29, 0.717) is 6.04 Å². The quantitative estimate of drug-likeness (QED) is 0.819. The molecule has 5 heteroatoms. The van der Waals surface area contributed by atoms with E-state index in [1.54, 1.807) is 0 Å². The summed E-state index contributed by atoms with van der Waals surface area (Å²) < 4.78 is 5.40. The van der Waals surface area contributed by atoms with E-state index < -0.39 is 0 Å². The maximum atomic E-state index is 6.00. The molecule has 0 bridgehead atoms. The Morgan fingerprint density at radius 1 is 1.37 bits per heavy atom. The van der Waals surface area contributed by atoms with Gasteiger partial charge in [-0.1, -0.05) is 24.4 Å². The largest absolute Gasteiger partial charge is 0.339 e. The highest BCUT2D eigenvalue weighted by Gasteiger charge is 2.32. The van der Waals surface area contributed by atoms with Crippen molar-refractivity contribution in [3.63, 3.8) is 0 Å². The Balaban J connectivity index is 1.98. The highest BCUT2D eigenvalue weighted by Crippen LogP contribution is 2.37. The molecule has 1 aromatic rings. The first-order valence-corrected chi connectivity index (χ1v) is 7.36. The van der Waals surface area contributed by atoms with Crippen molar-refractivity contribution in [3.8, 4) is 0 Å². The molecule has 0 saturated heterocycles. The number of nitrogens with two attached hydrogens (primary N) is 1. The highest BCUT2D eigenvalue weighted by atomic mass is 16.5. The average molecular weight is 266 g/mol. The molecule has 5 nitrogen and oxygen atoms in total. The number of rotatable bonds is 6. The third-order valence-electron chi connectivity index (χ3n) is 4.37. The van der Waals surface area contributed by atoms with Crippen LogP contribution >= 0.6 is 0 Å². The van der Waals surface area contributed by atoms with Gasteiger partial charge in [-0.25, -0.2) is 0 Å². The van der Waals surface area contributed by atoms with Crippen molar-refractivity contribution in [1.82, 2.24) is 15.5 Å². The van der Waals surface area contributed by atoms with Gasteiger partial charge in [-0.05, 0) is 38.8 Å². The van der Waals surface area contributed by atoms with Gasteiger partial charge in [0, 0.05) is 18.9 Å². The van der Waals surface area contributed by atoms with Crippen LogP contribution in [0.2, 0.25) is 0 Å². The zero-order valence-electron chi connectivity index (χ0n) is 12.1.